The summed E-state index contributed by atoms with van der Waals surface area (Å²) in [5, 5.41) is 0.818. The Labute approximate surface area is 106 Å². The minimum atomic E-state index is -0.341. The van der Waals surface area contributed by atoms with Crippen LogP contribution in [0.3, 0.4) is 0 Å². The average Bonchev–Trinajstić information content (AvgIpc) is 2.43. The van der Waals surface area contributed by atoms with Gasteiger partial charge in [0.15, 0.2) is 0 Å². The van der Waals surface area contributed by atoms with Crippen molar-refractivity contribution in [3.8, 4) is 0 Å². The molecule has 1 aromatic heterocycles. The number of carbonyl (C=O) groups excluding carboxylic acids is 1. The molecule has 0 N–H and O–H groups in total. The molecule has 1 aromatic carbocycles. The number of benzene rings is 1. The molecular formula is C14H15NO3. The molecule has 0 atom stereocenters. The van der Waals surface area contributed by atoms with Gasteiger partial charge in [-0.15, -0.1) is 0 Å². The lowest BCUT2D eigenvalue weighted by Gasteiger charge is -2.08. The number of carbonyl (C=O) groups is 1. The molecule has 2 aromatic rings. The van der Waals surface area contributed by atoms with Crippen LogP contribution in [0.15, 0.2) is 30.5 Å². The van der Waals surface area contributed by atoms with E-state index in [1.165, 1.54) is 7.11 Å². The maximum atomic E-state index is 11.7. The summed E-state index contributed by atoms with van der Waals surface area (Å²) in [5.41, 5.74) is 2.44. The molecule has 4 heteroatoms. The van der Waals surface area contributed by atoms with E-state index in [9.17, 15) is 4.79 Å². The van der Waals surface area contributed by atoms with Gasteiger partial charge in [-0.05, 0) is 18.1 Å². The van der Waals surface area contributed by atoms with Crippen molar-refractivity contribution >= 4 is 16.9 Å². The minimum absolute atomic E-state index is 0.341. The first-order chi connectivity index (χ1) is 8.77. The van der Waals surface area contributed by atoms with Crippen molar-refractivity contribution in [1.82, 2.24) is 4.98 Å². The highest BCUT2D eigenvalue weighted by Crippen LogP contribution is 2.21. The van der Waals surface area contributed by atoms with Crippen molar-refractivity contribution in [1.29, 1.82) is 0 Å². The van der Waals surface area contributed by atoms with E-state index in [1.54, 1.807) is 19.4 Å². The van der Waals surface area contributed by atoms with Gasteiger partial charge < -0.3 is 9.47 Å². The van der Waals surface area contributed by atoms with Crippen molar-refractivity contribution in [2.24, 2.45) is 0 Å². The number of fused-ring (bicyclic) bond motifs is 1. The predicted octanol–water partition coefficient (Wildman–Crippen LogP) is 2.21. The number of aromatic nitrogens is 1. The normalized spacial score (nSPS) is 10.6. The van der Waals surface area contributed by atoms with E-state index in [1.807, 2.05) is 18.2 Å². The zero-order valence-corrected chi connectivity index (χ0v) is 10.5. The van der Waals surface area contributed by atoms with Crippen LogP contribution in [0.25, 0.3) is 10.9 Å². The molecule has 0 spiro atoms. The maximum Gasteiger partial charge on any atom is 0.338 e. The summed E-state index contributed by atoms with van der Waals surface area (Å²) < 4.78 is 9.85. The van der Waals surface area contributed by atoms with Crippen LogP contribution < -0.4 is 0 Å². The van der Waals surface area contributed by atoms with E-state index in [2.05, 4.69) is 4.98 Å². The molecule has 0 amide bonds. The molecule has 0 saturated carbocycles. The van der Waals surface area contributed by atoms with Gasteiger partial charge in [-0.3, -0.25) is 4.98 Å². The zero-order chi connectivity index (χ0) is 13.0. The summed E-state index contributed by atoms with van der Waals surface area (Å²) in [4.78, 5) is 16.0. The molecule has 4 nitrogen and oxygen atoms in total. The Morgan fingerprint density at radius 1 is 1.28 bits per heavy atom. The Kier molecular flexibility index (Phi) is 3.89. The maximum absolute atomic E-state index is 11.7. The molecule has 0 aliphatic carbocycles. The second kappa shape index (κ2) is 5.60. The predicted molar refractivity (Wildman–Crippen MR) is 68.7 cm³/mol. The van der Waals surface area contributed by atoms with Crippen molar-refractivity contribution in [3.05, 3.63) is 41.6 Å². The SMILES string of the molecule is COCCc1cccc2c(C(=O)OC)ccnc12. The Morgan fingerprint density at radius 2 is 2.11 bits per heavy atom. The van der Waals surface area contributed by atoms with E-state index in [4.69, 9.17) is 9.47 Å². The van der Waals surface area contributed by atoms with Crippen LogP contribution in [-0.2, 0) is 15.9 Å². The molecule has 0 aliphatic rings. The van der Waals surface area contributed by atoms with E-state index < -0.39 is 0 Å². The smallest absolute Gasteiger partial charge is 0.338 e. The van der Waals surface area contributed by atoms with Gasteiger partial charge in [-0.25, -0.2) is 4.79 Å². The number of esters is 1. The van der Waals surface area contributed by atoms with Gasteiger partial charge in [0.1, 0.15) is 0 Å². The van der Waals surface area contributed by atoms with Gasteiger partial charge in [0.05, 0.1) is 24.8 Å². The average molecular weight is 245 g/mol. The number of pyridine rings is 1. The number of hydrogen-bond donors (Lipinski definition) is 0. The van der Waals surface area contributed by atoms with Crippen LogP contribution in [0.5, 0.6) is 0 Å². The van der Waals surface area contributed by atoms with Gasteiger partial charge in [0.2, 0.25) is 0 Å². The van der Waals surface area contributed by atoms with Gasteiger partial charge in [0.25, 0.3) is 0 Å². The Hall–Kier alpha value is -1.94. The molecular weight excluding hydrogens is 230 g/mol. The summed E-state index contributed by atoms with van der Waals surface area (Å²) >= 11 is 0. The second-order valence-corrected chi connectivity index (χ2v) is 3.91. The molecule has 1 heterocycles. The summed E-state index contributed by atoms with van der Waals surface area (Å²) in [6.07, 6.45) is 2.40. The van der Waals surface area contributed by atoms with Crippen LogP contribution in [-0.4, -0.2) is 31.8 Å². The number of para-hydroxylation sites is 1. The second-order valence-electron chi connectivity index (χ2n) is 3.91. The molecule has 0 bridgehead atoms. The highest BCUT2D eigenvalue weighted by atomic mass is 16.5. The van der Waals surface area contributed by atoms with Crippen LogP contribution in [0.2, 0.25) is 0 Å². The van der Waals surface area contributed by atoms with E-state index in [-0.39, 0.29) is 5.97 Å². The van der Waals surface area contributed by atoms with Crippen molar-refractivity contribution in [3.63, 3.8) is 0 Å². The van der Waals surface area contributed by atoms with E-state index in [0.717, 1.165) is 22.9 Å². The fourth-order valence-electron chi connectivity index (χ4n) is 1.94. The summed E-state index contributed by atoms with van der Waals surface area (Å²) in [7, 11) is 3.04. The highest BCUT2D eigenvalue weighted by molar-refractivity contribution is 6.03. The number of ether oxygens (including phenoxy) is 2. The molecule has 0 radical (unpaired) electrons. The minimum Gasteiger partial charge on any atom is -0.465 e. The van der Waals surface area contributed by atoms with Gasteiger partial charge in [-0.1, -0.05) is 18.2 Å². The molecule has 0 unspecified atom stereocenters. The van der Waals surface area contributed by atoms with Crippen LogP contribution >= 0.6 is 0 Å². The van der Waals surface area contributed by atoms with Crippen molar-refractivity contribution in [2.45, 2.75) is 6.42 Å². The quantitative estimate of drug-likeness (QED) is 0.775. The summed E-state index contributed by atoms with van der Waals surface area (Å²) in [6, 6.07) is 7.47. The van der Waals surface area contributed by atoms with Crippen LogP contribution in [0.1, 0.15) is 15.9 Å². The fourth-order valence-corrected chi connectivity index (χ4v) is 1.94. The van der Waals surface area contributed by atoms with Crippen LogP contribution in [0.4, 0.5) is 0 Å². The van der Waals surface area contributed by atoms with Crippen molar-refractivity contribution < 1.29 is 14.3 Å². The lowest BCUT2D eigenvalue weighted by Crippen LogP contribution is -2.04. The summed E-state index contributed by atoms with van der Waals surface area (Å²) in [6.45, 7) is 0.628. The third kappa shape index (κ3) is 2.33. The number of hydrogen-bond acceptors (Lipinski definition) is 4. The van der Waals surface area contributed by atoms with Gasteiger partial charge >= 0.3 is 5.97 Å². The first-order valence-electron chi connectivity index (χ1n) is 5.71. The topological polar surface area (TPSA) is 48.4 Å². The van der Waals surface area contributed by atoms with Crippen LogP contribution in [0, 0.1) is 0 Å². The van der Waals surface area contributed by atoms with E-state index >= 15 is 0 Å². The molecule has 2 rings (SSSR count). The monoisotopic (exact) mass is 245 g/mol. The molecule has 0 saturated heterocycles. The van der Waals surface area contributed by atoms with Gasteiger partial charge in [-0.2, -0.15) is 0 Å². The number of nitrogens with zero attached hydrogens (tertiary/aromatic N) is 1. The van der Waals surface area contributed by atoms with E-state index in [0.29, 0.717) is 12.2 Å². The first kappa shape index (κ1) is 12.5. The zero-order valence-electron chi connectivity index (χ0n) is 10.5. The Bertz CT molecular complexity index is 566. The molecule has 0 aliphatic heterocycles. The number of rotatable bonds is 4. The summed E-state index contributed by atoms with van der Waals surface area (Å²) in [5.74, 6) is -0.341. The standard InChI is InChI=1S/C14H15NO3/c1-17-9-7-10-4-3-5-11-12(14(16)18-2)6-8-15-13(10)11/h3-6,8H,7,9H2,1-2H3. The van der Waals surface area contributed by atoms with Gasteiger partial charge in [0, 0.05) is 18.7 Å². The Balaban J connectivity index is 2.54. The van der Waals surface area contributed by atoms with Crippen molar-refractivity contribution in [2.75, 3.05) is 20.8 Å². The first-order valence-corrected chi connectivity index (χ1v) is 5.71. The molecule has 18 heavy (non-hydrogen) atoms. The largest absolute Gasteiger partial charge is 0.465 e. The molecule has 94 valence electrons. The highest BCUT2D eigenvalue weighted by Gasteiger charge is 2.12. The number of methoxy groups -OCH3 is 2. The fraction of sp³-hybridized carbons (Fsp3) is 0.286. The Morgan fingerprint density at radius 3 is 2.83 bits per heavy atom. The lowest BCUT2D eigenvalue weighted by atomic mass is 10.0. The lowest BCUT2D eigenvalue weighted by molar-refractivity contribution is 0.0603. The molecule has 0 fully saturated rings. The third-order valence-corrected chi connectivity index (χ3v) is 2.84. The third-order valence-electron chi connectivity index (χ3n) is 2.84.